The standard InChI is InChI=1S/C23H23N3O3.C9H8N2O/c1-14-15(2)21(25-4)10-9-19(14)11-20(16(3)27)23(29)26-13-22(28)18-7-5-17(12-24)6-8-18;10-5-7-1-3-8(4-2-7)9(12)6-11/h5-10,16,20,27H,11,13H2,1-3H3,(H,26,29);1-4H,6,11H2/t16-,20-;/m1./s1. The summed E-state index contributed by atoms with van der Waals surface area (Å²) in [6.45, 7) is 12.3. The van der Waals surface area contributed by atoms with Gasteiger partial charge in [-0.1, -0.05) is 42.0 Å². The van der Waals surface area contributed by atoms with E-state index in [2.05, 4.69) is 10.2 Å². The highest BCUT2D eigenvalue weighted by Gasteiger charge is 2.25. The number of Topliss-reactive ketones (excluding diaryl/α,β-unsaturated/α-hetero) is 2. The van der Waals surface area contributed by atoms with E-state index in [0.29, 0.717) is 34.4 Å². The molecule has 0 saturated carbocycles. The Morgan fingerprint density at radius 2 is 1.41 bits per heavy atom. The molecule has 41 heavy (non-hydrogen) atoms. The molecule has 0 aromatic heterocycles. The largest absolute Gasteiger partial charge is 0.393 e. The summed E-state index contributed by atoms with van der Waals surface area (Å²) in [6.07, 6.45) is -0.597. The van der Waals surface area contributed by atoms with Crippen LogP contribution in [0.2, 0.25) is 0 Å². The Morgan fingerprint density at radius 3 is 1.85 bits per heavy atom. The van der Waals surface area contributed by atoms with Crippen LogP contribution in [-0.2, 0) is 11.2 Å². The van der Waals surface area contributed by atoms with E-state index < -0.39 is 17.9 Å². The van der Waals surface area contributed by atoms with Crippen molar-refractivity contribution in [3.8, 4) is 12.1 Å². The molecule has 1 amide bonds. The van der Waals surface area contributed by atoms with Gasteiger partial charge in [0, 0.05) is 11.1 Å². The highest BCUT2D eigenvalue weighted by atomic mass is 16.3. The first-order valence-electron chi connectivity index (χ1n) is 12.7. The van der Waals surface area contributed by atoms with E-state index in [-0.39, 0.29) is 24.7 Å². The summed E-state index contributed by atoms with van der Waals surface area (Å²) in [5, 5.41) is 30.0. The fourth-order valence-corrected chi connectivity index (χ4v) is 3.90. The number of carbonyl (C=O) groups excluding carboxylic acids is 3. The summed E-state index contributed by atoms with van der Waals surface area (Å²) in [7, 11) is 0. The van der Waals surface area contributed by atoms with Crippen molar-refractivity contribution in [2.75, 3.05) is 13.1 Å². The van der Waals surface area contributed by atoms with Gasteiger partial charge in [0.2, 0.25) is 5.91 Å². The van der Waals surface area contributed by atoms with Crippen LogP contribution in [0, 0.1) is 49.0 Å². The van der Waals surface area contributed by atoms with Crippen molar-refractivity contribution in [2.45, 2.75) is 33.3 Å². The Balaban J connectivity index is 0.000000408. The molecule has 208 valence electrons. The summed E-state index contributed by atoms with van der Waals surface area (Å²) in [4.78, 5) is 39.4. The lowest BCUT2D eigenvalue weighted by Gasteiger charge is -2.21. The number of carbonyl (C=O) groups is 3. The molecule has 9 nitrogen and oxygen atoms in total. The number of rotatable bonds is 9. The third kappa shape index (κ3) is 8.95. The Labute approximate surface area is 239 Å². The predicted octanol–water partition coefficient (Wildman–Crippen LogP) is 3.96. The van der Waals surface area contributed by atoms with E-state index in [1.165, 1.54) is 0 Å². The average molecular weight is 550 g/mol. The number of amides is 1. The first-order chi connectivity index (χ1) is 19.6. The fraction of sp³-hybridized carbons (Fsp3) is 0.250. The SMILES string of the molecule is N#Cc1ccc(C(=O)CN)cc1.[C-]#[N+]c1ccc(C[C@@H](C(=O)NCC(=O)c2ccc(C#N)cc2)[C@@H](C)O)c(C)c1C. The van der Waals surface area contributed by atoms with Gasteiger partial charge in [-0.15, -0.1) is 0 Å². The molecule has 0 spiro atoms. The Kier molecular flexibility index (Phi) is 12.1. The molecule has 0 unspecified atom stereocenters. The normalized spacial score (nSPS) is 11.4. The molecule has 0 fully saturated rings. The number of hydrogen-bond acceptors (Lipinski definition) is 7. The van der Waals surface area contributed by atoms with Crippen molar-refractivity contribution in [3.63, 3.8) is 0 Å². The maximum absolute atomic E-state index is 12.6. The van der Waals surface area contributed by atoms with E-state index in [4.69, 9.17) is 22.8 Å². The molecule has 0 bridgehead atoms. The average Bonchev–Trinajstić information content (AvgIpc) is 3.00. The lowest BCUT2D eigenvalue weighted by atomic mass is 9.89. The summed E-state index contributed by atoms with van der Waals surface area (Å²) in [6, 6.07) is 20.1. The zero-order chi connectivity index (χ0) is 30.5. The van der Waals surface area contributed by atoms with Crippen LogP contribution in [0.3, 0.4) is 0 Å². The number of benzene rings is 3. The first-order valence-corrected chi connectivity index (χ1v) is 12.7. The molecule has 2 atom stereocenters. The smallest absolute Gasteiger partial charge is 0.226 e. The van der Waals surface area contributed by atoms with Crippen LogP contribution in [0.4, 0.5) is 5.69 Å². The van der Waals surface area contributed by atoms with Gasteiger partial charge in [-0.2, -0.15) is 10.5 Å². The van der Waals surface area contributed by atoms with Crippen molar-refractivity contribution < 1.29 is 19.5 Å². The predicted molar refractivity (Wildman–Crippen MR) is 154 cm³/mol. The van der Waals surface area contributed by atoms with E-state index in [0.717, 1.165) is 16.7 Å². The second-order valence-corrected chi connectivity index (χ2v) is 9.30. The Morgan fingerprint density at radius 1 is 0.902 bits per heavy atom. The second kappa shape index (κ2) is 15.5. The van der Waals surface area contributed by atoms with Crippen molar-refractivity contribution >= 4 is 23.2 Å². The lowest BCUT2D eigenvalue weighted by molar-refractivity contribution is -0.127. The van der Waals surface area contributed by atoms with Crippen LogP contribution in [0.5, 0.6) is 0 Å². The molecular formula is C32H31N5O4. The molecule has 3 aromatic rings. The maximum atomic E-state index is 12.6. The second-order valence-electron chi connectivity index (χ2n) is 9.30. The fourth-order valence-electron chi connectivity index (χ4n) is 3.90. The number of nitriles is 2. The molecular weight excluding hydrogens is 518 g/mol. The molecule has 9 heteroatoms. The Bertz CT molecular complexity index is 1520. The van der Waals surface area contributed by atoms with E-state index in [1.54, 1.807) is 67.6 Å². The zero-order valence-electron chi connectivity index (χ0n) is 23.1. The van der Waals surface area contributed by atoms with Gasteiger partial charge in [0.05, 0.1) is 54.9 Å². The molecule has 3 aromatic carbocycles. The van der Waals surface area contributed by atoms with Crippen molar-refractivity contribution in [1.82, 2.24) is 5.32 Å². The Hall–Kier alpha value is -5.14. The van der Waals surface area contributed by atoms with Crippen LogP contribution in [0.15, 0.2) is 60.7 Å². The number of nitrogens with zero attached hydrogens (tertiary/aromatic N) is 3. The number of hydrogen-bond donors (Lipinski definition) is 3. The molecule has 0 aliphatic carbocycles. The van der Waals surface area contributed by atoms with E-state index in [9.17, 15) is 19.5 Å². The van der Waals surface area contributed by atoms with E-state index in [1.807, 2.05) is 26.0 Å². The van der Waals surface area contributed by atoms with Gasteiger partial charge in [0.1, 0.15) is 0 Å². The summed E-state index contributed by atoms with van der Waals surface area (Å²) < 4.78 is 0. The quantitative estimate of drug-likeness (QED) is 0.269. The molecule has 0 aliphatic heterocycles. The highest BCUT2D eigenvalue weighted by Crippen LogP contribution is 2.27. The van der Waals surface area contributed by atoms with Gasteiger partial charge in [0.25, 0.3) is 0 Å². The maximum Gasteiger partial charge on any atom is 0.226 e. The summed E-state index contributed by atoms with van der Waals surface area (Å²) in [5.74, 6) is -1.52. The van der Waals surface area contributed by atoms with Crippen LogP contribution < -0.4 is 11.1 Å². The third-order valence-corrected chi connectivity index (χ3v) is 6.63. The van der Waals surface area contributed by atoms with Crippen molar-refractivity contribution in [3.05, 3.63) is 111 Å². The minimum Gasteiger partial charge on any atom is -0.393 e. The lowest BCUT2D eigenvalue weighted by Crippen LogP contribution is -2.40. The molecule has 3 rings (SSSR count). The first kappa shape index (κ1) is 32.1. The molecule has 0 aliphatic rings. The van der Waals surface area contributed by atoms with Crippen LogP contribution >= 0.6 is 0 Å². The number of aliphatic hydroxyl groups excluding tert-OH is 1. The topological polar surface area (TPSA) is 161 Å². The summed E-state index contributed by atoms with van der Waals surface area (Å²) in [5.41, 5.74) is 10.3. The van der Waals surface area contributed by atoms with Crippen molar-refractivity contribution in [2.24, 2.45) is 11.7 Å². The number of aliphatic hydroxyl groups is 1. The molecule has 0 saturated heterocycles. The van der Waals surface area contributed by atoms with Gasteiger partial charge < -0.3 is 16.2 Å². The number of ketones is 2. The van der Waals surface area contributed by atoms with Gasteiger partial charge in [-0.05, 0) is 62.6 Å². The van der Waals surface area contributed by atoms with Crippen LogP contribution in [0.25, 0.3) is 4.85 Å². The van der Waals surface area contributed by atoms with Gasteiger partial charge >= 0.3 is 0 Å². The minimum atomic E-state index is -0.903. The van der Waals surface area contributed by atoms with Crippen LogP contribution in [-0.4, -0.2) is 41.8 Å². The molecule has 4 N–H and O–H groups in total. The minimum absolute atomic E-state index is 0.00585. The zero-order valence-corrected chi connectivity index (χ0v) is 23.1. The van der Waals surface area contributed by atoms with Gasteiger partial charge in [-0.25, -0.2) is 4.85 Å². The summed E-state index contributed by atoms with van der Waals surface area (Å²) >= 11 is 0. The van der Waals surface area contributed by atoms with Crippen LogP contribution in [0.1, 0.15) is 55.5 Å². The number of nitrogens with two attached hydrogens (primary N) is 1. The van der Waals surface area contributed by atoms with Gasteiger partial charge in [-0.3, -0.25) is 14.4 Å². The monoisotopic (exact) mass is 549 g/mol. The van der Waals surface area contributed by atoms with Crippen molar-refractivity contribution in [1.29, 1.82) is 10.5 Å². The highest BCUT2D eigenvalue weighted by molar-refractivity contribution is 5.99. The third-order valence-electron chi connectivity index (χ3n) is 6.63. The number of nitrogens with one attached hydrogen (secondary N) is 1. The molecule has 0 radical (unpaired) electrons. The molecule has 0 heterocycles. The van der Waals surface area contributed by atoms with E-state index >= 15 is 0 Å². The van der Waals surface area contributed by atoms with Gasteiger partial charge in [0.15, 0.2) is 17.3 Å².